The van der Waals surface area contributed by atoms with E-state index in [0.29, 0.717) is 23.2 Å². The van der Waals surface area contributed by atoms with Gasteiger partial charge in [-0.15, -0.1) is 17.9 Å². The third-order valence-electron chi connectivity index (χ3n) is 6.77. The normalized spacial score (nSPS) is 15.3. The number of aromatic nitrogens is 3. The van der Waals surface area contributed by atoms with Crippen LogP contribution in [0.25, 0.3) is 15.9 Å². The molecule has 0 unspecified atom stereocenters. The third kappa shape index (κ3) is 4.32. The van der Waals surface area contributed by atoms with E-state index in [1.54, 1.807) is 22.0 Å². The van der Waals surface area contributed by atoms with Gasteiger partial charge in [-0.05, 0) is 62.8 Å². The van der Waals surface area contributed by atoms with Crippen LogP contribution in [-0.2, 0) is 19.4 Å². The molecule has 5 rings (SSSR count). The molecular formula is C28H29N3O2S2. The fourth-order valence-electron chi connectivity index (χ4n) is 5.03. The molecule has 0 amide bonds. The van der Waals surface area contributed by atoms with Crippen LogP contribution in [0.3, 0.4) is 0 Å². The van der Waals surface area contributed by atoms with Crippen molar-refractivity contribution >= 4 is 39.1 Å². The lowest BCUT2D eigenvalue weighted by molar-refractivity contribution is 0.102. The predicted octanol–water partition coefficient (Wildman–Crippen LogP) is 6.15. The Kier molecular flexibility index (Phi) is 6.55. The lowest BCUT2D eigenvalue weighted by Crippen LogP contribution is -2.24. The zero-order valence-corrected chi connectivity index (χ0v) is 22.0. The first-order valence-corrected chi connectivity index (χ1v) is 13.8. The van der Waals surface area contributed by atoms with Crippen molar-refractivity contribution < 1.29 is 4.79 Å². The van der Waals surface area contributed by atoms with Gasteiger partial charge >= 0.3 is 0 Å². The number of aryl methyl sites for hydroxylation is 2. The van der Waals surface area contributed by atoms with Crippen LogP contribution < -0.4 is 5.56 Å². The van der Waals surface area contributed by atoms with Gasteiger partial charge in [0.15, 0.2) is 10.9 Å². The van der Waals surface area contributed by atoms with Crippen LogP contribution in [0, 0.1) is 19.8 Å². The summed E-state index contributed by atoms with van der Waals surface area (Å²) in [6.07, 6.45) is 4.76. The van der Waals surface area contributed by atoms with Gasteiger partial charge in [0.25, 0.3) is 5.56 Å². The van der Waals surface area contributed by atoms with Gasteiger partial charge in [0.05, 0.1) is 11.1 Å². The van der Waals surface area contributed by atoms with E-state index in [4.69, 9.17) is 4.98 Å². The molecule has 4 aromatic rings. The standard InChI is InChI=1S/C28H29N3O2S2/c1-5-13-30-27(33)25-21-12-11-17(2)14-24(21)35-26(25)29-28(30)34-16-23(32)22-15-18(3)31(19(22)4)20-9-7-6-8-10-20/h5-10,15,17H,1,11-14,16H2,2-4H3/t17-/m1/s1. The summed E-state index contributed by atoms with van der Waals surface area (Å²) >= 11 is 2.98. The maximum Gasteiger partial charge on any atom is 0.263 e. The van der Waals surface area contributed by atoms with Crippen molar-refractivity contribution in [3.05, 3.63) is 86.8 Å². The molecule has 0 N–H and O–H groups in total. The van der Waals surface area contributed by atoms with Gasteiger partial charge in [-0.1, -0.05) is 43.0 Å². The molecule has 1 aliphatic rings. The van der Waals surface area contributed by atoms with Crippen molar-refractivity contribution in [2.24, 2.45) is 5.92 Å². The molecule has 0 radical (unpaired) electrons. The first kappa shape index (κ1) is 23.8. The van der Waals surface area contributed by atoms with Crippen LogP contribution in [0.2, 0.25) is 0 Å². The fourth-order valence-corrected chi connectivity index (χ4v) is 7.35. The first-order chi connectivity index (χ1) is 16.9. The number of thiophene rings is 1. The molecule has 0 saturated heterocycles. The number of ketones is 1. The Morgan fingerprint density at radius 1 is 1.29 bits per heavy atom. The summed E-state index contributed by atoms with van der Waals surface area (Å²) in [7, 11) is 0. The minimum atomic E-state index is -0.0147. The van der Waals surface area contributed by atoms with Crippen LogP contribution in [0.1, 0.15) is 45.5 Å². The molecule has 0 bridgehead atoms. The van der Waals surface area contributed by atoms with Gasteiger partial charge in [0.1, 0.15) is 4.83 Å². The third-order valence-corrected chi connectivity index (χ3v) is 8.89. The van der Waals surface area contributed by atoms with E-state index in [-0.39, 0.29) is 17.1 Å². The summed E-state index contributed by atoms with van der Waals surface area (Å²) in [4.78, 5) is 33.8. The van der Waals surface area contributed by atoms with E-state index in [1.807, 2.05) is 50.2 Å². The quantitative estimate of drug-likeness (QED) is 0.131. The maximum atomic E-state index is 13.5. The number of Topliss-reactive ketones (excluding diaryl/α,β-unsaturated/α-hetero) is 1. The molecule has 35 heavy (non-hydrogen) atoms. The Morgan fingerprint density at radius 3 is 2.80 bits per heavy atom. The number of hydrogen-bond acceptors (Lipinski definition) is 5. The van der Waals surface area contributed by atoms with Gasteiger partial charge in [-0.2, -0.15) is 0 Å². The van der Waals surface area contributed by atoms with Crippen molar-refractivity contribution in [2.45, 2.75) is 51.7 Å². The van der Waals surface area contributed by atoms with Gasteiger partial charge in [0, 0.05) is 34.1 Å². The molecule has 3 aromatic heterocycles. The zero-order valence-electron chi connectivity index (χ0n) is 20.3. The molecular weight excluding hydrogens is 474 g/mol. The van der Waals surface area contributed by atoms with E-state index in [2.05, 4.69) is 18.1 Å². The number of benzene rings is 1. The van der Waals surface area contributed by atoms with E-state index < -0.39 is 0 Å². The topological polar surface area (TPSA) is 56.9 Å². The lowest BCUT2D eigenvalue weighted by Gasteiger charge is -2.17. The SMILES string of the molecule is C=CCn1c(SCC(=O)c2cc(C)n(-c3ccccc3)c2C)nc2sc3c(c2c1=O)CC[C@@H](C)C3. The number of allylic oxidation sites excluding steroid dienone is 1. The molecule has 0 spiro atoms. The summed E-state index contributed by atoms with van der Waals surface area (Å²) in [5.41, 5.74) is 4.85. The molecule has 0 aliphatic heterocycles. The molecule has 0 fully saturated rings. The molecule has 7 heteroatoms. The second-order valence-corrected chi connectivity index (χ2v) is 11.3. The second kappa shape index (κ2) is 9.63. The van der Waals surface area contributed by atoms with Crippen molar-refractivity contribution in [3.63, 3.8) is 0 Å². The minimum absolute atomic E-state index is 0.0147. The summed E-state index contributed by atoms with van der Waals surface area (Å²) in [6, 6.07) is 12.0. The van der Waals surface area contributed by atoms with Crippen LogP contribution in [-0.4, -0.2) is 25.7 Å². The van der Waals surface area contributed by atoms with E-state index in [9.17, 15) is 9.59 Å². The largest absolute Gasteiger partial charge is 0.318 e. The number of rotatable bonds is 7. The number of carbonyl (C=O) groups is 1. The zero-order chi connectivity index (χ0) is 24.7. The highest BCUT2D eigenvalue weighted by Crippen LogP contribution is 2.36. The van der Waals surface area contributed by atoms with E-state index in [1.165, 1.54) is 22.2 Å². The molecule has 1 aliphatic carbocycles. The molecule has 1 aromatic carbocycles. The van der Waals surface area contributed by atoms with Crippen molar-refractivity contribution in [1.82, 2.24) is 14.1 Å². The summed E-state index contributed by atoms with van der Waals surface area (Å²) in [5, 5.41) is 1.35. The van der Waals surface area contributed by atoms with Gasteiger partial charge in [-0.25, -0.2) is 4.98 Å². The number of carbonyl (C=O) groups excluding carboxylic acids is 1. The highest BCUT2D eigenvalue weighted by Gasteiger charge is 2.25. The number of hydrogen-bond donors (Lipinski definition) is 0. The molecule has 0 saturated carbocycles. The first-order valence-electron chi connectivity index (χ1n) is 11.9. The van der Waals surface area contributed by atoms with Crippen molar-refractivity contribution in [1.29, 1.82) is 0 Å². The van der Waals surface area contributed by atoms with Crippen LogP contribution in [0.15, 0.2) is 59.0 Å². The summed E-state index contributed by atoms with van der Waals surface area (Å²) < 4.78 is 3.78. The average molecular weight is 504 g/mol. The Morgan fingerprint density at radius 2 is 2.06 bits per heavy atom. The maximum absolute atomic E-state index is 13.5. The van der Waals surface area contributed by atoms with E-state index >= 15 is 0 Å². The fraction of sp³-hybridized carbons (Fsp3) is 0.321. The smallest absolute Gasteiger partial charge is 0.263 e. The monoisotopic (exact) mass is 503 g/mol. The minimum Gasteiger partial charge on any atom is -0.318 e. The summed E-state index contributed by atoms with van der Waals surface area (Å²) in [6.45, 7) is 10.5. The highest BCUT2D eigenvalue weighted by atomic mass is 32.2. The molecule has 1 atom stereocenters. The van der Waals surface area contributed by atoms with Crippen molar-refractivity contribution in [3.8, 4) is 5.69 Å². The Hall–Kier alpha value is -2.90. The van der Waals surface area contributed by atoms with Crippen LogP contribution in [0.5, 0.6) is 0 Å². The van der Waals surface area contributed by atoms with Gasteiger partial charge in [0.2, 0.25) is 0 Å². The second-order valence-electron chi connectivity index (χ2n) is 9.30. The number of thioether (sulfide) groups is 1. The summed E-state index contributed by atoms with van der Waals surface area (Å²) in [5.74, 6) is 0.882. The molecule has 5 nitrogen and oxygen atoms in total. The van der Waals surface area contributed by atoms with Crippen molar-refractivity contribution in [2.75, 3.05) is 5.75 Å². The Balaban J connectivity index is 1.46. The van der Waals surface area contributed by atoms with Crippen LogP contribution >= 0.6 is 23.1 Å². The average Bonchev–Trinajstić information content (AvgIpc) is 3.35. The molecule has 180 valence electrons. The van der Waals surface area contributed by atoms with E-state index in [0.717, 1.165) is 46.6 Å². The lowest BCUT2D eigenvalue weighted by atomic mass is 9.89. The van der Waals surface area contributed by atoms with Gasteiger partial charge in [-0.3, -0.25) is 14.2 Å². The van der Waals surface area contributed by atoms with Gasteiger partial charge < -0.3 is 4.57 Å². The molecule has 3 heterocycles. The highest BCUT2D eigenvalue weighted by molar-refractivity contribution is 7.99. The number of nitrogens with zero attached hydrogens (tertiary/aromatic N) is 3. The number of para-hydroxylation sites is 1. The van der Waals surface area contributed by atoms with Crippen LogP contribution in [0.4, 0.5) is 0 Å². The Labute approximate surface area is 213 Å². The number of fused-ring (bicyclic) bond motifs is 3. The predicted molar refractivity (Wildman–Crippen MR) is 146 cm³/mol. The Bertz CT molecular complexity index is 1490.